The third-order valence-corrected chi connectivity index (χ3v) is 6.45. The normalized spacial score (nSPS) is 17.9. The van der Waals surface area contributed by atoms with Gasteiger partial charge in [0.2, 0.25) is 5.91 Å². The molecular formula is C26H31N7O3. The highest BCUT2D eigenvalue weighted by Crippen LogP contribution is 2.33. The Morgan fingerprint density at radius 3 is 2.56 bits per heavy atom. The summed E-state index contributed by atoms with van der Waals surface area (Å²) in [5.41, 5.74) is 8.32. The Labute approximate surface area is 210 Å². The van der Waals surface area contributed by atoms with Crippen LogP contribution in [0.5, 0.6) is 0 Å². The van der Waals surface area contributed by atoms with Gasteiger partial charge in [-0.1, -0.05) is 37.3 Å². The Morgan fingerprint density at radius 2 is 1.94 bits per heavy atom. The monoisotopic (exact) mass is 489 g/mol. The quantitative estimate of drug-likeness (QED) is 0.491. The number of aryl methyl sites for hydroxylation is 2. The summed E-state index contributed by atoms with van der Waals surface area (Å²) in [6.07, 6.45) is 4.18. The van der Waals surface area contributed by atoms with Crippen LogP contribution in [0.2, 0.25) is 0 Å². The maximum Gasteiger partial charge on any atom is 0.325 e. The fourth-order valence-corrected chi connectivity index (χ4v) is 4.60. The maximum atomic E-state index is 13.6. The number of β-lactam (4-membered cyclic amide) rings is 1. The lowest BCUT2D eigenvalue weighted by atomic mass is 9.81. The number of likely N-dealkylation sites (N-methyl/N-ethyl adjacent to an activating group) is 1. The van der Waals surface area contributed by atoms with E-state index >= 15 is 0 Å². The molecule has 0 spiro atoms. The lowest BCUT2D eigenvalue weighted by Gasteiger charge is -2.45. The first-order valence-electron chi connectivity index (χ1n) is 11.9. The van der Waals surface area contributed by atoms with E-state index in [4.69, 9.17) is 5.73 Å². The van der Waals surface area contributed by atoms with Crippen molar-refractivity contribution in [2.45, 2.75) is 38.8 Å². The summed E-state index contributed by atoms with van der Waals surface area (Å²) in [5.74, 6) is -0.738. The van der Waals surface area contributed by atoms with E-state index in [9.17, 15) is 14.4 Å². The minimum Gasteiger partial charge on any atom is -0.384 e. The highest BCUT2D eigenvalue weighted by molar-refractivity contribution is 6.12. The smallest absolute Gasteiger partial charge is 0.325 e. The topological polar surface area (TPSA) is 126 Å². The van der Waals surface area contributed by atoms with E-state index in [2.05, 4.69) is 15.3 Å². The third-order valence-electron chi connectivity index (χ3n) is 6.45. The predicted molar refractivity (Wildman–Crippen MR) is 136 cm³/mol. The van der Waals surface area contributed by atoms with E-state index in [1.54, 1.807) is 37.3 Å². The SMILES string of the molecule is CCC(NC(=O)N1C(=O)[C@H](Cc2cc(C)nc(N)c2)[C@H]1C(=O)N(C)c1cn(C)cn1)c1ccccc1. The molecule has 0 radical (unpaired) electrons. The molecule has 0 bridgehead atoms. The Hall–Kier alpha value is -4.21. The van der Waals surface area contributed by atoms with Gasteiger partial charge in [-0.3, -0.25) is 19.4 Å². The van der Waals surface area contributed by atoms with Gasteiger partial charge in [-0.25, -0.2) is 14.8 Å². The molecule has 4 rings (SSSR count). The molecule has 0 saturated carbocycles. The summed E-state index contributed by atoms with van der Waals surface area (Å²) >= 11 is 0. The molecule has 10 nitrogen and oxygen atoms in total. The maximum absolute atomic E-state index is 13.6. The number of pyridine rings is 1. The van der Waals surface area contributed by atoms with Gasteiger partial charge in [0.15, 0.2) is 5.82 Å². The van der Waals surface area contributed by atoms with Gasteiger partial charge in [-0.15, -0.1) is 0 Å². The molecule has 1 aliphatic rings. The van der Waals surface area contributed by atoms with Crippen molar-refractivity contribution < 1.29 is 14.4 Å². The summed E-state index contributed by atoms with van der Waals surface area (Å²) < 4.78 is 1.72. The summed E-state index contributed by atoms with van der Waals surface area (Å²) in [5, 5.41) is 2.93. The molecule has 4 amide bonds. The molecule has 1 aromatic carbocycles. The van der Waals surface area contributed by atoms with Crippen LogP contribution >= 0.6 is 0 Å². The second-order valence-electron chi connectivity index (χ2n) is 9.12. The van der Waals surface area contributed by atoms with Crippen LogP contribution in [0.4, 0.5) is 16.4 Å². The molecule has 0 aliphatic carbocycles. The second kappa shape index (κ2) is 10.2. The van der Waals surface area contributed by atoms with Crippen LogP contribution in [0.25, 0.3) is 0 Å². The van der Waals surface area contributed by atoms with Crippen LogP contribution in [-0.4, -0.2) is 50.4 Å². The first kappa shape index (κ1) is 24.9. The van der Waals surface area contributed by atoms with Gasteiger partial charge >= 0.3 is 6.03 Å². The predicted octanol–water partition coefficient (Wildman–Crippen LogP) is 2.60. The number of imide groups is 1. The fraction of sp³-hybridized carbons (Fsp3) is 0.346. The zero-order valence-corrected chi connectivity index (χ0v) is 20.9. The fourth-order valence-electron chi connectivity index (χ4n) is 4.60. The second-order valence-corrected chi connectivity index (χ2v) is 9.12. The number of nitrogens with one attached hydrogen (secondary N) is 1. The summed E-state index contributed by atoms with van der Waals surface area (Å²) in [6, 6.07) is 11.2. The number of imidazole rings is 1. The summed E-state index contributed by atoms with van der Waals surface area (Å²) in [6.45, 7) is 3.76. The molecule has 3 heterocycles. The molecule has 188 valence electrons. The zero-order chi connectivity index (χ0) is 26.0. The lowest BCUT2D eigenvalue weighted by molar-refractivity contribution is -0.156. The standard InChI is InChI=1S/C26H31N7O3/c1-5-20(18-9-7-6-8-10-18)30-26(36)33-23(25(35)32(4)22-14-31(3)15-28-22)19(24(33)34)12-17-11-16(2)29-21(27)13-17/h6-11,13-15,19-20,23H,5,12H2,1-4H3,(H2,27,29)(H,30,36)/t19-,20?,23+/m1/s1. The number of urea groups is 1. The first-order chi connectivity index (χ1) is 17.2. The number of aromatic nitrogens is 3. The van der Waals surface area contributed by atoms with Crippen molar-refractivity contribution in [1.29, 1.82) is 0 Å². The molecule has 10 heteroatoms. The molecular weight excluding hydrogens is 458 g/mol. The van der Waals surface area contributed by atoms with E-state index in [-0.39, 0.29) is 18.4 Å². The van der Waals surface area contributed by atoms with Crippen LogP contribution in [0.3, 0.4) is 0 Å². The number of benzene rings is 1. The van der Waals surface area contributed by atoms with Crippen molar-refractivity contribution in [1.82, 2.24) is 24.8 Å². The van der Waals surface area contributed by atoms with Gasteiger partial charge in [-0.2, -0.15) is 0 Å². The number of nitrogens with two attached hydrogens (primary N) is 1. The van der Waals surface area contributed by atoms with Gasteiger partial charge in [0, 0.05) is 26.0 Å². The van der Waals surface area contributed by atoms with E-state index in [1.807, 2.05) is 50.2 Å². The van der Waals surface area contributed by atoms with Gasteiger partial charge in [-0.05, 0) is 43.0 Å². The highest BCUT2D eigenvalue weighted by Gasteiger charge is 2.55. The van der Waals surface area contributed by atoms with Crippen molar-refractivity contribution in [3.8, 4) is 0 Å². The van der Waals surface area contributed by atoms with E-state index in [0.29, 0.717) is 23.8 Å². The minimum atomic E-state index is -0.979. The molecule has 1 aliphatic heterocycles. The van der Waals surface area contributed by atoms with Gasteiger partial charge in [0.1, 0.15) is 11.9 Å². The molecule has 1 fully saturated rings. The first-order valence-corrected chi connectivity index (χ1v) is 11.9. The number of likely N-dealkylation sites (tertiary alicyclic amines) is 1. The van der Waals surface area contributed by atoms with E-state index in [0.717, 1.165) is 16.0 Å². The Bertz CT molecular complexity index is 1250. The average molecular weight is 490 g/mol. The minimum absolute atomic E-state index is 0.262. The van der Waals surface area contributed by atoms with Crippen molar-refractivity contribution in [3.63, 3.8) is 0 Å². The van der Waals surface area contributed by atoms with Crippen LogP contribution < -0.4 is 16.0 Å². The number of hydrogen-bond donors (Lipinski definition) is 2. The number of anilines is 2. The van der Waals surface area contributed by atoms with Gasteiger partial charge in [0.25, 0.3) is 5.91 Å². The van der Waals surface area contributed by atoms with Crippen molar-refractivity contribution in [2.75, 3.05) is 17.7 Å². The summed E-state index contributed by atoms with van der Waals surface area (Å²) in [7, 11) is 3.39. The van der Waals surface area contributed by atoms with Crippen LogP contribution in [0, 0.1) is 12.8 Å². The zero-order valence-electron chi connectivity index (χ0n) is 20.9. The average Bonchev–Trinajstić information content (AvgIpc) is 3.29. The number of carbonyl (C=O) groups excluding carboxylic acids is 3. The molecule has 2 aromatic heterocycles. The van der Waals surface area contributed by atoms with E-state index < -0.39 is 23.9 Å². The number of carbonyl (C=O) groups is 3. The Kier molecular flexibility index (Phi) is 7.05. The number of nitrogens with zero attached hydrogens (tertiary/aromatic N) is 5. The van der Waals surface area contributed by atoms with E-state index in [1.165, 1.54) is 4.90 Å². The summed E-state index contributed by atoms with van der Waals surface area (Å²) in [4.78, 5) is 51.1. The number of nitrogen functional groups attached to an aromatic ring is 1. The Balaban J connectivity index is 1.61. The molecule has 3 N–H and O–H groups in total. The highest BCUT2D eigenvalue weighted by atomic mass is 16.2. The van der Waals surface area contributed by atoms with Crippen molar-refractivity contribution in [2.24, 2.45) is 13.0 Å². The largest absolute Gasteiger partial charge is 0.384 e. The van der Waals surface area contributed by atoms with Crippen molar-refractivity contribution >= 4 is 29.5 Å². The molecule has 1 saturated heterocycles. The number of hydrogen-bond acceptors (Lipinski definition) is 6. The van der Waals surface area contributed by atoms with Crippen LogP contribution in [0.1, 0.15) is 36.2 Å². The molecule has 3 atom stereocenters. The van der Waals surface area contributed by atoms with Crippen LogP contribution in [0.15, 0.2) is 55.0 Å². The molecule has 1 unspecified atom stereocenters. The molecule has 36 heavy (non-hydrogen) atoms. The molecule has 3 aromatic rings. The van der Waals surface area contributed by atoms with Crippen molar-refractivity contribution in [3.05, 3.63) is 71.8 Å². The third kappa shape index (κ3) is 4.93. The lowest BCUT2D eigenvalue weighted by Crippen LogP contribution is -2.70. The Morgan fingerprint density at radius 1 is 1.22 bits per heavy atom. The van der Waals surface area contributed by atoms with Gasteiger partial charge in [0.05, 0.1) is 18.3 Å². The number of rotatable bonds is 7. The van der Waals surface area contributed by atoms with Gasteiger partial charge < -0.3 is 15.6 Å². The van der Waals surface area contributed by atoms with Crippen LogP contribution in [-0.2, 0) is 23.1 Å². The number of amides is 4.